The maximum atomic E-state index is 10.6. The Morgan fingerprint density at radius 2 is 0.878 bits per heavy atom. The van der Waals surface area contributed by atoms with Crippen LogP contribution in [0.4, 0.5) is 0 Å². The lowest BCUT2D eigenvalue weighted by molar-refractivity contribution is -0.0577. The quantitative estimate of drug-likeness (QED) is 0.0492. The van der Waals surface area contributed by atoms with Gasteiger partial charge in [-0.05, 0) is 37.3 Å². The lowest BCUT2D eigenvalue weighted by Gasteiger charge is -2.28. The molecule has 5 nitrogen and oxygen atoms in total. The molecule has 0 amide bonds. The summed E-state index contributed by atoms with van der Waals surface area (Å²) >= 11 is 11.1. The summed E-state index contributed by atoms with van der Waals surface area (Å²) in [6.07, 6.45) is 38.5. The van der Waals surface area contributed by atoms with Gasteiger partial charge in [0.2, 0.25) is 0 Å². The Morgan fingerprint density at radius 1 is 0.551 bits per heavy atom. The third-order valence-corrected chi connectivity index (χ3v) is 10.8. The second-order valence-electron chi connectivity index (χ2n) is 14.9. The molecule has 1 rings (SSSR count). The Kier molecular flexibility index (Phi) is 33.1. The monoisotopic (exact) mass is 729 g/mol. The van der Waals surface area contributed by atoms with Crippen molar-refractivity contribution in [2.45, 2.75) is 244 Å². The highest BCUT2D eigenvalue weighted by Crippen LogP contribution is 2.25. The van der Waals surface area contributed by atoms with Crippen LogP contribution in [0.25, 0.3) is 0 Å². The predicted molar refractivity (Wildman–Crippen MR) is 217 cm³/mol. The van der Waals surface area contributed by atoms with Gasteiger partial charge in [-0.2, -0.15) is 0 Å². The first-order valence-corrected chi connectivity index (χ1v) is 22.1. The van der Waals surface area contributed by atoms with Crippen LogP contribution in [-0.2, 0) is 14.2 Å². The molecular formula is C42H80O5S2. The Hall–Kier alpha value is -0.340. The van der Waals surface area contributed by atoms with E-state index in [2.05, 4.69) is 13.8 Å². The van der Waals surface area contributed by atoms with Crippen molar-refractivity contribution in [3.63, 3.8) is 0 Å². The molecular weight excluding hydrogens is 649 g/mol. The van der Waals surface area contributed by atoms with Gasteiger partial charge in [0.1, 0.15) is 12.2 Å². The molecule has 0 saturated carbocycles. The van der Waals surface area contributed by atoms with Crippen molar-refractivity contribution in [3.8, 4) is 0 Å². The van der Waals surface area contributed by atoms with E-state index < -0.39 is 24.4 Å². The molecule has 1 fully saturated rings. The summed E-state index contributed by atoms with van der Waals surface area (Å²) in [6.45, 7) is 4.45. The van der Waals surface area contributed by atoms with Crippen LogP contribution in [0.15, 0.2) is 0 Å². The van der Waals surface area contributed by atoms with Crippen molar-refractivity contribution >= 4 is 34.5 Å². The lowest BCUT2D eigenvalue weighted by Crippen LogP contribution is -2.45. The second kappa shape index (κ2) is 34.7. The minimum absolute atomic E-state index is 0.141. The summed E-state index contributed by atoms with van der Waals surface area (Å²) in [6, 6.07) is 0. The Balaban J connectivity index is 2.08. The fourth-order valence-corrected chi connectivity index (χ4v) is 7.53. The molecule has 0 aliphatic carbocycles. The summed E-state index contributed by atoms with van der Waals surface area (Å²) in [4.78, 5) is 0. The van der Waals surface area contributed by atoms with E-state index in [0.717, 1.165) is 25.7 Å². The summed E-state index contributed by atoms with van der Waals surface area (Å²) in [7, 11) is 0. The molecule has 290 valence electrons. The van der Waals surface area contributed by atoms with Crippen LogP contribution in [0, 0.1) is 0 Å². The van der Waals surface area contributed by atoms with Crippen molar-refractivity contribution in [2.24, 2.45) is 0 Å². The maximum absolute atomic E-state index is 10.6. The molecule has 1 saturated heterocycles. The molecule has 7 heteroatoms. The maximum Gasteiger partial charge on any atom is 0.160 e. The topological polar surface area (TPSA) is 68.2 Å². The summed E-state index contributed by atoms with van der Waals surface area (Å²) in [5.74, 6) is 0. The fourth-order valence-electron chi connectivity index (χ4n) is 7.01. The van der Waals surface area contributed by atoms with Crippen molar-refractivity contribution < 1.29 is 24.4 Å². The third kappa shape index (κ3) is 27.0. The number of aliphatic hydroxyl groups excluding tert-OH is 2. The van der Waals surface area contributed by atoms with Crippen LogP contribution in [0.3, 0.4) is 0 Å². The zero-order chi connectivity index (χ0) is 35.6. The van der Waals surface area contributed by atoms with E-state index in [-0.39, 0.29) is 13.2 Å². The Labute approximate surface area is 314 Å². The lowest BCUT2D eigenvalue weighted by atomic mass is 10.0. The van der Waals surface area contributed by atoms with Crippen molar-refractivity contribution in [1.29, 1.82) is 0 Å². The largest absolute Gasteiger partial charge is 0.479 e. The normalized spacial score (nSPS) is 18.2. The van der Waals surface area contributed by atoms with E-state index in [1.54, 1.807) is 0 Å². The van der Waals surface area contributed by atoms with E-state index in [4.69, 9.17) is 38.6 Å². The van der Waals surface area contributed by atoms with E-state index in [9.17, 15) is 10.2 Å². The number of ether oxygens (including phenoxy) is 3. The first kappa shape index (κ1) is 46.7. The van der Waals surface area contributed by atoms with Crippen LogP contribution < -0.4 is 0 Å². The van der Waals surface area contributed by atoms with Gasteiger partial charge < -0.3 is 24.4 Å². The zero-order valence-electron chi connectivity index (χ0n) is 32.3. The second-order valence-corrected chi connectivity index (χ2v) is 15.8. The van der Waals surface area contributed by atoms with Gasteiger partial charge in [0.05, 0.1) is 13.2 Å². The summed E-state index contributed by atoms with van der Waals surface area (Å²) in [5.41, 5.74) is 0. The first-order chi connectivity index (χ1) is 24.0. The molecule has 1 aliphatic rings. The van der Waals surface area contributed by atoms with Gasteiger partial charge >= 0.3 is 0 Å². The van der Waals surface area contributed by atoms with E-state index in [1.807, 2.05) is 0 Å². The molecule has 0 spiro atoms. The molecule has 1 aliphatic heterocycles. The van der Waals surface area contributed by atoms with E-state index in [1.165, 1.54) is 167 Å². The van der Waals surface area contributed by atoms with Gasteiger partial charge in [-0.25, -0.2) is 0 Å². The van der Waals surface area contributed by atoms with Gasteiger partial charge in [0.25, 0.3) is 0 Å². The highest BCUT2D eigenvalue weighted by atomic mass is 32.1. The average Bonchev–Trinajstić information content (AvgIpc) is 3.45. The minimum atomic E-state index is -0.800. The number of unbranched alkanes of at least 4 members (excludes halogenated alkanes) is 28. The molecule has 0 aromatic rings. The predicted octanol–water partition coefficient (Wildman–Crippen LogP) is 12.7. The fraction of sp³-hybridized carbons (Fsp3) is 0.952. The van der Waals surface area contributed by atoms with Gasteiger partial charge in [0.15, 0.2) is 22.3 Å². The highest BCUT2D eigenvalue weighted by Gasteiger charge is 2.44. The molecule has 0 unspecified atom stereocenters. The molecule has 2 N–H and O–H groups in total. The van der Waals surface area contributed by atoms with Crippen LogP contribution in [0.5, 0.6) is 0 Å². The van der Waals surface area contributed by atoms with Gasteiger partial charge in [-0.15, -0.1) is 0 Å². The molecule has 0 bridgehead atoms. The van der Waals surface area contributed by atoms with Crippen LogP contribution in [0.2, 0.25) is 0 Å². The molecule has 0 aromatic heterocycles. The SMILES string of the molecule is CCCCCCCCCCCCCCCCCC(=S)O[C@H]1[C@@H]([C@@H](CO)OC(=S)CCCCCCCCCCCCCCCCC)OC[C@@H]1O. The number of rotatable bonds is 36. The minimum Gasteiger partial charge on any atom is -0.479 e. The molecule has 0 radical (unpaired) electrons. The smallest absolute Gasteiger partial charge is 0.160 e. The molecule has 1 heterocycles. The van der Waals surface area contributed by atoms with Crippen LogP contribution >= 0.6 is 24.4 Å². The van der Waals surface area contributed by atoms with Gasteiger partial charge in [0, 0.05) is 12.8 Å². The van der Waals surface area contributed by atoms with E-state index in [0.29, 0.717) is 22.9 Å². The average molecular weight is 729 g/mol. The van der Waals surface area contributed by atoms with Crippen LogP contribution in [-0.4, -0.2) is 57.9 Å². The standard InChI is InChI=1S/C42H80O5S2/c1-3-5-7-9-11-13-15-17-19-21-23-25-27-29-31-33-39(48)46-38(35-43)42-41(37(44)36-45-42)47-40(49)34-32-30-28-26-24-22-20-18-16-14-12-10-8-6-4-2/h37-38,41-44H,3-36H2,1-2H3/t37-,38+,41+,42+/m0/s1. The van der Waals surface area contributed by atoms with Gasteiger partial charge in [-0.1, -0.05) is 194 Å². The highest BCUT2D eigenvalue weighted by molar-refractivity contribution is 7.80. The third-order valence-electron chi connectivity index (χ3n) is 10.2. The van der Waals surface area contributed by atoms with Gasteiger partial charge in [-0.3, -0.25) is 0 Å². The number of hydrogen-bond donors (Lipinski definition) is 2. The number of aliphatic hydroxyl groups is 2. The number of thiocarbonyl (C=S) groups is 2. The van der Waals surface area contributed by atoms with Crippen LogP contribution in [0.1, 0.15) is 219 Å². The Bertz CT molecular complexity index is 751. The van der Waals surface area contributed by atoms with Crippen molar-refractivity contribution in [1.82, 2.24) is 0 Å². The van der Waals surface area contributed by atoms with E-state index >= 15 is 0 Å². The molecule has 4 atom stereocenters. The molecule has 49 heavy (non-hydrogen) atoms. The zero-order valence-corrected chi connectivity index (χ0v) is 33.9. The Morgan fingerprint density at radius 3 is 1.22 bits per heavy atom. The number of hydrogen-bond acceptors (Lipinski definition) is 7. The van der Waals surface area contributed by atoms with Crippen molar-refractivity contribution in [2.75, 3.05) is 13.2 Å². The van der Waals surface area contributed by atoms with Crippen molar-refractivity contribution in [3.05, 3.63) is 0 Å². The molecule has 0 aromatic carbocycles. The summed E-state index contributed by atoms with van der Waals surface area (Å²) in [5, 5.41) is 21.7. The summed E-state index contributed by atoms with van der Waals surface area (Å²) < 4.78 is 17.8. The first-order valence-electron chi connectivity index (χ1n) is 21.3.